The zero-order valence-corrected chi connectivity index (χ0v) is 15.6. The van der Waals surface area contributed by atoms with E-state index in [1.165, 1.54) is 17.1 Å². The summed E-state index contributed by atoms with van der Waals surface area (Å²) in [6, 6.07) is 5.11. The number of ether oxygens (including phenoxy) is 1. The van der Waals surface area contributed by atoms with Gasteiger partial charge in [0, 0.05) is 6.54 Å². The quantitative estimate of drug-likeness (QED) is 0.357. The van der Waals surface area contributed by atoms with Gasteiger partial charge in [-0.3, -0.25) is 19.8 Å². The monoisotopic (exact) mass is 378 g/mol. The summed E-state index contributed by atoms with van der Waals surface area (Å²) < 4.78 is 5.71. The molecule has 1 N–H and O–H groups in total. The predicted molar refractivity (Wildman–Crippen MR) is 102 cm³/mol. The first-order valence-corrected chi connectivity index (χ1v) is 8.62. The molecule has 1 aromatic rings. The highest BCUT2D eigenvalue weighted by Gasteiger charge is 2.32. The van der Waals surface area contributed by atoms with Crippen LogP contribution in [-0.2, 0) is 9.59 Å². The van der Waals surface area contributed by atoms with Crippen molar-refractivity contribution in [3.8, 4) is 5.75 Å². The zero-order valence-electron chi connectivity index (χ0n) is 14.0. The maximum absolute atomic E-state index is 12.5. The Bertz CT molecular complexity index is 761. The van der Waals surface area contributed by atoms with E-state index in [1.807, 2.05) is 13.8 Å². The minimum Gasteiger partial charge on any atom is -0.489 e. The van der Waals surface area contributed by atoms with E-state index in [0.29, 0.717) is 16.3 Å². The number of halogens is 1. The topological polar surface area (TPSA) is 58.6 Å². The number of hydrogen-bond acceptors (Lipinski definition) is 4. The van der Waals surface area contributed by atoms with Crippen LogP contribution in [0.4, 0.5) is 0 Å². The second-order valence-electron chi connectivity index (χ2n) is 5.55. The van der Waals surface area contributed by atoms with Crippen LogP contribution in [0.5, 0.6) is 5.75 Å². The van der Waals surface area contributed by atoms with E-state index in [-0.39, 0.29) is 23.3 Å². The fourth-order valence-corrected chi connectivity index (χ4v) is 2.64. The summed E-state index contributed by atoms with van der Waals surface area (Å²) in [5, 5.41) is 2.98. The van der Waals surface area contributed by atoms with E-state index in [2.05, 4.69) is 11.9 Å². The average Bonchev–Trinajstić information content (AvgIpc) is 2.57. The fourth-order valence-electron chi connectivity index (χ4n) is 2.16. The Balaban J connectivity index is 2.30. The van der Waals surface area contributed by atoms with Gasteiger partial charge in [-0.2, -0.15) is 0 Å². The van der Waals surface area contributed by atoms with Gasteiger partial charge in [0.25, 0.3) is 11.8 Å². The summed E-state index contributed by atoms with van der Waals surface area (Å²) in [6.45, 7) is 7.78. The summed E-state index contributed by atoms with van der Waals surface area (Å²) in [5.74, 6) is -0.442. The lowest BCUT2D eigenvalue weighted by Crippen LogP contribution is -2.53. The molecule has 1 fully saturated rings. The van der Waals surface area contributed by atoms with Crippen molar-refractivity contribution in [2.75, 3.05) is 6.54 Å². The van der Waals surface area contributed by atoms with E-state index in [0.717, 1.165) is 6.42 Å². The van der Waals surface area contributed by atoms with Crippen molar-refractivity contribution in [1.82, 2.24) is 10.2 Å². The number of nitrogens with one attached hydrogen (secondary N) is 1. The lowest BCUT2D eigenvalue weighted by Gasteiger charge is -2.27. The molecule has 2 amide bonds. The highest BCUT2D eigenvalue weighted by atomic mass is 35.5. The van der Waals surface area contributed by atoms with E-state index in [9.17, 15) is 9.59 Å². The van der Waals surface area contributed by atoms with Crippen LogP contribution in [0.1, 0.15) is 25.8 Å². The normalized spacial score (nSPS) is 17.5. The molecule has 7 heteroatoms. The molecule has 0 aliphatic carbocycles. The molecule has 0 saturated carbocycles. The maximum atomic E-state index is 12.5. The van der Waals surface area contributed by atoms with E-state index >= 15 is 0 Å². The second kappa shape index (κ2) is 8.27. The molecule has 0 aromatic heterocycles. The third-order valence-electron chi connectivity index (χ3n) is 3.67. The minimum atomic E-state index is -0.536. The van der Waals surface area contributed by atoms with Crippen LogP contribution in [0, 0.1) is 0 Å². The van der Waals surface area contributed by atoms with Crippen molar-refractivity contribution in [3.63, 3.8) is 0 Å². The molecule has 2 rings (SSSR count). The highest BCUT2D eigenvalue weighted by molar-refractivity contribution is 7.80. The average molecular weight is 379 g/mol. The Labute approximate surface area is 157 Å². The number of nitrogens with zero attached hydrogens (tertiary/aromatic N) is 1. The molecule has 1 saturated heterocycles. The molecular weight excluding hydrogens is 360 g/mol. The maximum Gasteiger partial charge on any atom is 0.265 e. The van der Waals surface area contributed by atoms with Crippen molar-refractivity contribution in [1.29, 1.82) is 0 Å². The number of carbonyl (C=O) groups is 2. The predicted octanol–water partition coefficient (Wildman–Crippen LogP) is 3.33. The molecule has 0 radical (unpaired) electrons. The summed E-state index contributed by atoms with van der Waals surface area (Å²) in [6.07, 6.45) is 3.92. The first-order chi connectivity index (χ1) is 11.9. The van der Waals surface area contributed by atoms with Crippen molar-refractivity contribution in [3.05, 3.63) is 47.0 Å². The van der Waals surface area contributed by atoms with Crippen LogP contribution in [0.2, 0.25) is 5.02 Å². The number of benzene rings is 1. The molecule has 1 aromatic carbocycles. The van der Waals surface area contributed by atoms with Gasteiger partial charge in [-0.05, 0) is 49.3 Å². The van der Waals surface area contributed by atoms with Gasteiger partial charge in [0.15, 0.2) is 5.11 Å². The fraction of sp³-hybridized carbons (Fsp3) is 0.278. The Morgan fingerprint density at radius 2 is 2.16 bits per heavy atom. The summed E-state index contributed by atoms with van der Waals surface area (Å²) in [7, 11) is 0. The standard InChI is InChI=1S/C18H19ClN2O3S/c1-4-8-21-17(23)13(16(22)20-18(21)25)9-12-6-7-15(14(19)10-12)24-11(3)5-2/h4,6-7,9-11H,1,5,8H2,2-3H3,(H,20,22,25)/b13-9+/t11-/m0/s1. The Morgan fingerprint density at radius 3 is 2.76 bits per heavy atom. The van der Waals surface area contributed by atoms with Gasteiger partial charge in [0.1, 0.15) is 11.3 Å². The Morgan fingerprint density at radius 1 is 1.44 bits per heavy atom. The zero-order chi connectivity index (χ0) is 18.6. The van der Waals surface area contributed by atoms with E-state index in [4.69, 9.17) is 28.6 Å². The van der Waals surface area contributed by atoms with E-state index in [1.54, 1.807) is 18.2 Å². The molecule has 1 atom stereocenters. The van der Waals surface area contributed by atoms with Gasteiger partial charge in [-0.1, -0.05) is 30.7 Å². The van der Waals surface area contributed by atoms with Crippen molar-refractivity contribution < 1.29 is 14.3 Å². The molecule has 0 unspecified atom stereocenters. The van der Waals surface area contributed by atoms with Crippen LogP contribution >= 0.6 is 23.8 Å². The van der Waals surface area contributed by atoms with Gasteiger partial charge >= 0.3 is 0 Å². The summed E-state index contributed by atoms with van der Waals surface area (Å²) >= 11 is 11.3. The number of hydrogen-bond donors (Lipinski definition) is 1. The highest BCUT2D eigenvalue weighted by Crippen LogP contribution is 2.28. The van der Waals surface area contributed by atoms with E-state index < -0.39 is 11.8 Å². The van der Waals surface area contributed by atoms with Gasteiger partial charge < -0.3 is 4.74 Å². The molecule has 0 spiro atoms. The number of thiocarbonyl (C=S) groups is 1. The molecule has 1 heterocycles. The lowest BCUT2D eigenvalue weighted by molar-refractivity contribution is -0.128. The molecule has 0 bridgehead atoms. The summed E-state index contributed by atoms with van der Waals surface area (Å²) in [5.41, 5.74) is 0.605. The third kappa shape index (κ3) is 4.46. The summed E-state index contributed by atoms with van der Waals surface area (Å²) in [4.78, 5) is 25.9. The Kier molecular flexibility index (Phi) is 6.33. The molecule has 132 valence electrons. The molecule has 25 heavy (non-hydrogen) atoms. The van der Waals surface area contributed by atoms with Gasteiger partial charge in [0.2, 0.25) is 0 Å². The van der Waals surface area contributed by atoms with Crippen LogP contribution in [0.25, 0.3) is 6.08 Å². The van der Waals surface area contributed by atoms with Gasteiger partial charge in [-0.15, -0.1) is 6.58 Å². The van der Waals surface area contributed by atoms with Gasteiger partial charge in [-0.25, -0.2) is 0 Å². The first kappa shape index (κ1) is 19.1. The SMILES string of the molecule is C=CCN1C(=O)/C(=C/c2ccc(O[C@@H](C)CC)c(Cl)c2)C(=O)NC1=S. The lowest BCUT2D eigenvalue weighted by atomic mass is 10.1. The molecule has 1 aliphatic rings. The largest absolute Gasteiger partial charge is 0.489 e. The number of amides is 2. The smallest absolute Gasteiger partial charge is 0.265 e. The van der Waals surface area contributed by atoms with Crippen LogP contribution < -0.4 is 10.1 Å². The van der Waals surface area contributed by atoms with Crippen LogP contribution in [0.15, 0.2) is 36.4 Å². The number of rotatable bonds is 6. The van der Waals surface area contributed by atoms with Gasteiger partial charge in [0.05, 0.1) is 11.1 Å². The number of carbonyl (C=O) groups excluding carboxylic acids is 2. The van der Waals surface area contributed by atoms with Crippen LogP contribution in [-0.4, -0.2) is 34.5 Å². The first-order valence-electron chi connectivity index (χ1n) is 7.83. The molecule has 5 nitrogen and oxygen atoms in total. The van der Waals surface area contributed by atoms with Crippen molar-refractivity contribution in [2.45, 2.75) is 26.4 Å². The second-order valence-corrected chi connectivity index (χ2v) is 6.34. The minimum absolute atomic E-state index is 0.0119. The Hall–Kier alpha value is -2.18. The van der Waals surface area contributed by atoms with Crippen molar-refractivity contribution in [2.24, 2.45) is 0 Å². The molecule has 1 aliphatic heterocycles. The van der Waals surface area contributed by atoms with Crippen LogP contribution in [0.3, 0.4) is 0 Å². The van der Waals surface area contributed by atoms with Crippen molar-refractivity contribution >= 4 is 46.8 Å². The molecular formula is C18H19ClN2O3S. The third-order valence-corrected chi connectivity index (χ3v) is 4.29.